The number of aliphatic hydroxyl groups excluding tert-OH is 1. The first kappa shape index (κ1) is 12.1. The number of hydrogen-bond donors (Lipinski definition) is 1. The van der Waals surface area contributed by atoms with E-state index in [0.717, 1.165) is 6.42 Å². The Kier molecular flexibility index (Phi) is 3.80. The summed E-state index contributed by atoms with van der Waals surface area (Å²) < 4.78 is 13.2. The Balaban J connectivity index is 2.62. The summed E-state index contributed by atoms with van der Waals surface area (Å²) in [6.07, 6.45) is 2.07. The van der Waals surface area contributed by atoms with E-state index in [1.807, 2.05) is 0 Å². The van der Waals surface area contributed by atoms with E-state index < -0.39 is 11.9 Å². The lowest BCUT2D eigenvalue weighted by atomic mass is 9.88. The summed E-state index contributed by atoms with van der Waals surface area (Å²) in [5.74, 6) is -0.432. The van der Waals surface area contributed by atoms with Gasteiger partial charge in [0.2, 0.25) is 0 Å². The molecule has 0 aliphatic carbocycles. The second-order valence-corrected chi connectivity index (χ2v) is 4.99. The van der Waals surface area contributed by atoms with Gasteiger partial charge in [0, 0.05) is 6.20 Å². The van der Waals surface area contributed by atoms with Gasteiger partial charge >= 0.3 is 0 Å². The molecule has 0 spiro atoms. The molecule has 15 heavy (non-hydrogen) atoms. The fourth-order valence-electron chi connectivity index (χ4n) is 1.35. The smallest absolute Gasteiger partial charge is 0.147 e. The molecule has 1 aromatic heterocycles. The number of aromatic nitrogens is 1. The highest BCUT2D eigenvalue weighted by Gasteiger charge is 2.17. The molecule has 0 radical (unpaired) electrons. The molecule has 3 heteroatoms. The highest BCUT2D eigenvalue weighted by molar-refractivity contribution is 5.09. The van der Waals surface area contributed by atoms with Crippen LogP contribution in [0, 0.1) is 11.2 Å². The lowest BCUT2D eigenvalue weighted by Gasteiger charge is -2.20. The van der Waals surface area contributed by atoms with Crippen molar-refractivity contribution in [3.63, 3.8) is 0 Å². The number of nitrogens with zero attached hydrogens (tertiary/aromatic N) is 1. The molecule has 0 fully saturated rings. The Hall–Kier alpha value is -0.960. The maximum Gasteiger partial charge on any atom is 0.147 e. The van der Waals surface area contributed by atoms with E-state index in [1.54, 1.807) is 0 Å². The third-order valence-corrected chi connectivity index (χ3v) is 2.27. The van der Waals surface area contributed by atoms with E-state index in [-0.39, 0.29) is 11.1 Å². The third kappa shape index (κ3) is 3.96. The summed E-state index contributed by atoms with van der Waals surface area (Å²) in [5, 5.41) is 9.76. The standard InChI is InChI=1S/C12H18FNO/c1-12(2,3)7-6-10(15)11-9(13)5-4-8-14-11/h4-5,8,10,15H,6-7H2,1-3H3. The van der Waals surface area contributed by atoms with Crippen LogP contribution < -0.4 is 0 Å². The minimum Gasteiger partial charge on any atom is -0.387 e. The van der Waals surface area contributed by atoms with Crippen molar-refractivity contribution < 1.29 is 9.50 Å². The van der Waals surface area contributed by atoms with Crippen molar-refractivity contribution >= 4 is 0 Å². The molecular formula is C12H18FNO. The van der Waals surface area contributed by atoms with Gasteiger partial charge in [-0.3, -0.25) is 4.98 Å². The summed E-state index contributed by atoms with van der Waals surface area (Å²) in [6, 6.07) is 2.85. The lowest BCUT2D eigenvalue weighted by Crippen LogP contribution is -2.10. The van der Waals surface area contributed by atoms with Gasteiger partial charge in [-0.25, -0.2) is 4.39 Å². The van der Waals surface area contributed by atoms with Crippen LogP contribution in [0.3, 0.4) is 0 Å². The molecule has 1 N–H and O–H groups in total. The third-order valence-electron chi connectivity index (χ3n) is 2.27. The first-order valence-electron chi connectivity index (χ1n) is 5.18. The molecule has 0 amide bonds. The minimum atomic E-state index is -0.801. The van der Waals surface area contributed by atoms with Gasteiger partial charge in [-0.05, 0) is 30.4 Å². The van der Waals surface area contributed by atoms with Crippen LogP contribution >= 0.6 is 0 Å². The highest BCUT2D eigenvalue weighted by atomic mass is 19.1. The van der Waals surface area contributed by atoms with Crippen LogP contribution in [-0.4, -0.2) is 10.1 Å². The Morgan fingerprint density at radius 3 is 2.67 bits per heavy atom. The van der Waals surface area contributed by atoms with Crippen molar-refractivity contribution in [2.24, 2.45) is 5.41 Å². The van der Waals surface area contributed by atoms with Gasteiger partial charge < -0.3 is 5.11 Å². The Labute approximate surface area is 90.2 Å². The molecule has 0 saturated carbocycles. The zero-order valence-electron chi connectivity index (χ0n) is 9.50. The maximum absolute atomic E-state index is 13.2. The molecule has 1 unspecified atom stereocenters. The Bertz CT molecular complexity index is 320. The molecule has 0 aliphatic heterocycles. The number of halogens is 1. The van der Waals surface area contributed by atoms with Crippen LogP contribution in [-0.2, 0) is 0 Å². The zero-order chi connectivity index (χ0) is 11.5. The van der Waals surface area contributed by atoms with E-state index in [4.69, 9.17) is 0 Å². The quantitative estimate of drug-likeness (QED) is 0.833. The van der Waals surface area contributed by atoms with Crippen molar-refractivity contribution in [1.29, 1.82) is 0 Å². The second-order valence-electron chi connectivity index (χ2n) is 4.99. The molecule has 84 valence electrons. The normalized spacial score (nSPS) is 13.9. The molecule has 0 aromatic carbocycles. The molecule has 0 aliphatic rings. The molecule has 1 rings (SSSR count). The molecular weight excluding hydrogens is 193 g/mol. The van der Waals surface area contributed by atoms with Crippen LogP contribution in [0.25, 0.3) is 0 Å². The Morgan fingerprint density at radius 1 is 1.47 bits per heavy atom. The summed E-state index contributed by atoms with van der Waals surface area (Å²) in [5.41, 5.74) is 0.299. The monoisotopic (exact) mass is 211 g/mol. The van der Waals surface area contributed by atoms with E-state index in [0.29, 0.717) is 6.42 Å². The maximum atomic E-state index is 13.2. The van der Waals surface area contributed by atoms with Crippen LogP contribution in [0.2, 0.25) is 0 Å². The summed E-state index contributed by atoms with van der Waals surface area (Å²) in [4.78, 5) is 3.85. The molecule has 1 aromatic rings. The molecule has 2 nitrogen and oxygen atoms in total. The number of hydrogen-bond acceptors (Lipinski definition) is 2. The van der Waals surface area contributed by atoms with Crippen molar-refractivity contribution in [2.75, 3.05) is 0 Å². The van der Waals surface area contributed by atoms with E-state index in [2.05, 4.69) is 25.8 Å². The average molecular weight is 211 g/mol. The van der Waals surface area contributed by atoms with Crippen molar-refractivity contribution in [1.82, 2.24) is 4.98 Å². The summed E-state index contributed by atoms with van der Waals surface area (Å²) in [6.45, 7) is 6.28. The average Bonchev–Trinajstić information content (AvgIpc) is 2.14. The van der Waals surface area contributed by atoms with Crippen LogP contribution in [0.1, 0.15) is 45.4 Å². The number of rotatable bonds is 3. The predicted molar refractivity (Wildman–Crippen MR) is 57.8 cm³/mol. The van der Waals surface area contributed by atoms with E-state index in [1.165, 1.54) is 18.3 Å². The van der Waals surface area contributed by atoms with Gasteiger partial charge in [0.25, 0.3) is 0 Å². The van der Waals surface area contributed by atoms with Gasteiger partial charge in [-0.2, -0.15) is 0 Å². The highest BCUT2D eigenvalue weighted by Crippen LogP contribution is 2.27. The van der Waals surface area contributed by atoms with Crippen LogP contribution in [0.5, 0.6) is 0 Å². The molecule has 0 bridgehead atoms. The van der Waals surface area contributed by atoms with Crippen molar-refractivity contribution in [3.8, 4) is 0 Å². The van der Waals surface area contributed by atoms with Gasteiger partial charge in [0.05, 0.1) is 6.10 Å². The fraction of sp³-hybridized carbons (Fsp3) is 0.583. The second kappa shape index (κ2) is 4.71. The van der Waals surface area contributed by atoms with Crippen molar-refractivity contribution in [3.05, 3.63) is 29.8 Å². The first-order chi connectivity index (χ1) is 6.90. The topological polar surface area (TPSA) is 33.1 Å². The largest absolute Gasteiger partial charge is 0.387 e. The summed E-state index contributed by atoms with van der Waals surface area (Å²) >= 11 is 0. The van der Waals surface area contributed by atoms with Crippen LogP contribution in [0.4, 0.5) is 4.39 Å². The van der Waals surface area contributed by atoms with Gasteiger partial charge in [-0.1, -0.05) is 20.8 Å². The van der Waals surface area contributed by atoms with E-state index >= 15 is 0 Å². The van der Waals surface area contributed by atoms with Gasteiger partial charge in [0.15, 0.2) is 0 Å². The zero-order valence-corrected chi connectivity index (χ0v) is 9.50. The molecule has 1 atom stereocenters. The lowest BCUT2D eigenvalue weighted by molar-refractivity contribution is 0.139. The fourth-order valence-corrected chi connectivity index (χ4v) is 1.35. The first-order valence-corrected chi connectivity index (χ1v) is 5.18. The van der Waals surface area contributed by atoms with Gasteiger partial charge in [0.1, 0.15) is 11.5 Å². The molecule has 1 heterocycles. The Morgan fingerprint density at radius 2 is 2.13 bits per heavy atom. The predicted octanol–water partition coefficient (Wildman–Crippen LogP) is 3.08. The van der Waals surface area contributed by atoms with Crippen molar-refractivity contribution in [2.45, 2.75) is 39.7 Å². The summed E-state index contributed by atoms with van der Waals surface area (Å²) in [7, 11) is 0. The minimum absolute atomic E-state index is 0.145. The SMILES string of the molecule is CC(C)(C)CCC(O)c1ncccc1F. The molecule has 0 saturated heterocycles. The number of aliphatic hydroxyl groups is 1. The van der Waals surface area contributed by atoms with Gasteiger partial charge in [-0.15, -0.1) is 0 Å². The van der Waals surface area contributed by atoms with Crippen LogP contribution in [0.15, 0.2) is 18.3 Å². The van der Waals surface area contributed by atoms with E-state index in [9.17, 15) is 9.50 Å². The number of pyridine rings is 1.